The van der Waals surface area contributed by atoms with E-state index in [0.29, 0.717) is 11.2 Å². The van der Waals surface area contributed by atoms with Gasteiger partial charge in [0.05, 0.1) is 20.7 Å². The summed E-state index contributed by atoms with van der Waals surface area (Å²) in [5.74, 6) is 0. The molecular formula is C53H35NO. The van der Waals surface area contributed by atoms with E-state index in [9.17, 15) is 4.11 Å². The fourth-order valence-corrected chi connectivity index (χ4v) is 8.70. The van der Waals surface area contributed by atoms with Crippen molar-refractivity contribution in [1.29, 1.82) is 0 Å². The third-order valence-electron chi connectivity index (χ3n) is 11.0. The summed E-state index contributed by atoms with van der Waals surface area (Å²) in [6.45, 7) is 0. The maximum Gasteiger partial charge on any atom is 0.135 e. The van der Waals surface area contributed by atoms with Crippen LogP contribution in [0.15, 0.2) is 217 Å². The number of benzene rings is 9. The van der Waals surface area contributed by atoms with Gasteiger partial charge in [-0.15, -0.1) is 0 Å². The first-order valence-corrected chi connectivity index (χ1v) is 18.4. The van der Waals surface area contributed by atoms with E-state index in [2.05, 4.69) is 65.6 Å². The summed E-state index contributed by atoms with van der Waals surface area (Å²) in [6.07, 6.45) is 0. The second kappa shape index (κ2) is 12.5. The van der Waals surface area contributed by atoms with Crippen molar-refractivity contribution in [2.75, 3.05) is 4.90 Å². The Labute approximate surface area is 330 Å². The normalized spacial score (nSPS) is 16.4. The van der Waals surface area contributed by atoms with E-state index in [0.717, 1.165) is 66.8 Å². The van der Waals surface area contributed by atoms with Gasteiger partial charge in [-0.05, 0) is 98.2 Å². The van der Waals surface area contributed by atoms with E-state index in [-0.39, 0.29) is 34.5 Å². The number of fused-ring (bicyclic) bond motifs is 7. The molecule has 258 valence electrons. The summed E-state index contributed by atoms with van der Waals surface area (Å²) in [6, 6.07) is 54.1. The van der Waals surface area contributed by atoms with E-state index in [4.69, 9.17) is 9.90 Å². The quantitative estimate of drug-likeness (QED) is 0.171. The van der Waals surface area contributed by atoms with Crippen molar-refractivity contribution in [2.24, 2.45) is 0 Å². The summed E-state index contributed by atoms with van der Waals surface area (Å²) in [5.41, 5.74) is 8.96. The van der Waals surface area contributed by atoms with Crippen LogP contribution in [0.5, 0.6) is 0 Å². The van der Waals surface area contributed by atoms with E-state index >= 15 is 0 Å². The minimum Gasteiger partial charge on any atom is -0.456 e. The number of nitrogens with zero attached hydrogens (tertiary/aromatic N) is 1. The zero-order valence-corrected chi connectivity index (χ0v) is 29.5. The van der Waals surface area contributed by atoms with Crippen molar-refractivity contribution < 1.29 is 14.0 Å². The third kappa shape index (κ3) is 4.75. The number of rotatable bonds is 6. The Balaban J connectivity index is 1.29. The van der Waals surface area contributed by atoms with Crippen LogP contribution in [-0.4, -0.2) is 0 Å². The maximum atomic E-state index is 10.1. The Morgan fingerprint density at radius 1 is 0.473 bits per heavy atom. The van der Waals surface area contributed by atoms with Crippen LogP contribution in [0.4, 0.5) is 17.1 Å². The largest absolute Gasteiger partial charge is 0.456 e. The first-order valence-electron chi connectivity index (χ1n) is 21.9. The van der Waals surface area contributed by atoms with Gasteiger partial charge in [-0.3, -0.25) is 0 Å². The van der Waals surface area contributed by atoms with Crippen LogP contribution < -0.4 is 4.90 Å². The van der Waals surface area contributed by atoms with Crippen LogP contribution in [0, 0.1) is 0 Å². The van der Waals surface area contributed by atoms with E-state index < -0.39 is 29.6 Å². The van der Waals surface area contributed by atoms with Crippen molar-refractivity contribution in [3.05, 3.63) is 234 Å². The van der Waals surface area contributed by atoms with Gasteiger partial charge in [-0.25, -0.2) is 0 Å². The molecule has 10 aromatic rings. The van der Waals surface area contributed by atoms with Crippen molar-refractivity contribution in [2.45, 2.75) is 5.41 Å². The topological polar surface area (TPSA) is 16.4 Å². The van der Waals surface area contributed by atoms with E-state index in [1.807, 2.05) is 109 Å². The Kier molecular flexibility index (Phi) is 5.66. The molecule has 0 amide bonds. The van der Waals surface area contributed by atoms with Crippen molar-refractivity contribution in [1.82, 2.24) is 0 Å². The van der Waals surface area contributed by atoms with Crippen molar-refractivity contribution in [3.63, 3.8) is 0 Å². The lowest BCUT2D eigenvalue weighted by atomic mass is 9.66. The Hall–Kier alpha value is -7.16. The van der Waals surface area contributed by atoms with Crippen LogP contribution in [-0.2, 0) is 5.41 Å². The molecule has 2 nitrogen and oxygen atoms in total. The molecule has 0 radical (unpaired) electrons. The molecular weight excluding hydrogens is 667 g/mol. The van der Waals surface area contributed by atoms with Gasteiger partial charge in [-0.2, -0.15) is 0 Å². The number of hydrogen-bond acceptors (Lipinski definition) is 2. The Morgan fingerprint density at radius 3 is 2.02 bits per heavy atom. The summed E-state index contributed by atoms with van der Waals surface area (Å²) < 4.78 is 71.1. The molecule has 0 saturated carbocycles. The van der Waals surface area contributed by atoms with Gasteiger partial charge in [0.1, 0.15) is 11.2 Å². The molecule has 0 fully saturated rings. The monoisotopic (exact) mass is 708 g/mol. The maximum absolute atomic E-state index is 10.1. The molecule has 0 spiro atoms. The molecule has 1 unspecified atom stereocenters. The molecule has 0 saturated heterocycles. The molecule has 9 aromatic carbocycles. The second-order valence-electron chi connectivity index (χ2n) is 13.9. The average Bonchev–Trinajstić information content (AvgIpc) is 3.84. The molecule has 1 heterocycles. The number of para-hydroxylation sites is 3. The molecule has 1 aromatic heterocycles. The van der Waals surface area contributed by atoms with Gasteiger partial charge in [0, 0.05) is 27.7 Å². The predicted octanol–water partition coefficient (Wildman–Crippen LogP) is 14.2. The van der Waals surface area contributed by atoms with Gasteiger partial charge in [0.25, 0.3) is 0 Å². The lowest BCUT2D eigenvalue weighted by Crippen LogP contribution is -2.29. The molecule has 1 aliphatic rings. The fraction of sp³-hybridized carbons (Fsp3) is 0.0189. The third-order valence-corrected chi connectivity index (χ3v) is 11.0. The van der Waals surface area contributed by atoms with Gasteiger partial charge in [0.15, 0.2) is 0 Å². The number of anilines is 3. The summed E-state index contributed by atoms with van der Waals surface area (Å²) in [5, 5.41) is 1.40. The van der Waals surface area contributed by atoms with Gasteiger partial charge < -0.3 is 9.32 Å². The Bertz CT molecular complexity index is 3460. The van der Waals surface area contributed by atoms with Crippen LogP contribution in [0.2, 0.25) is 0 Å². The van der Waals surface area contributed by atoms with Crippen molar-refractivity contribution in [3.8, 4) is 22.3 Å². The zero-order valence-electron chi connectivity index (χ0n) is 36.5. The zero-order chi connectivity index (χ0) is 42.4. The molecule has 1 aliphatic carbocycles. The summed E-state index contributed by atoms with van der Waals surface area (Å²) in [7, 11) is 0. The molecule has 0 aliphatic heterocycles. The highest BCUT2D eigenvalue weighted by Crippen LogP contribution is 2.59. The van der Waals surface area contributed by atoms with Gasteiger partial charge in [0.2, 0.25) is 0 Å². The summed E-state index contributed by atoms with van der Waals surface area (Å²) in [4.78, 5) is 2.25. The minimum absolute atomic E-state index is 0.0917. The Morgan fingerprint density at radius 2 is 1.15 bits per heavy atom. The lowest BCUT2D eigenvalue weighted by molar-refractivity contribution is 0.667. The first kappa shape index (κ1) is 25.0. The number of furan rings is 1. The second-order valence-corrected chi connectivity index (χ2v) is 13.9. The molecule has 0 bridgehead atoms. The molecule has 2 heteroatoms. The van der Waals surface area contributed by atoms with Crippen LogP contribution in [0.25, 0.3) is 55.0 Å². The standard InChI is InChI=1S/C53H35NO/c1-3-17-37(18-4-1)42-22-10-13-27-49(42)54(40-20-5-2-6-21-40)41-32-33-47-45(35-41)43-23-9-12-25-46(43)53(47,39-31-30-36-16-7-8-19-38(36)34-39)48-26-15-29-51-52(48)44-24-11-14-28-50(44)55-51/h1-35H/i7D,8D,16D,19D,30D,31D,34D. The fourth-order valence-electron chi connectivity index (χ4n) is 8.70. The minimum atomic E-state index is -1.43. The van der Waals surface area contributed by atoms with Crippen LogP contribution in [0.1, 0.15) is 31.8 Å². The smallest absolute Gasteiger partial charge is 0.135 e. The van der Waals surface area contributed by atoms with Crippen LogP contribution in [0.3, 0.4) is 0 Å². The highest BCUT2D eigenvalue weighted by Gasteiger charge is 2.47. The average molecular weight is 709 g/mol. The number of hydrogen-bond donors (Lipinski definition) is 0. The lowest BCUT2D eigenvalue weighted by Gasteiger charge is -2.35. The molecule has 1 atom stereocenters. The molecule has 0 N–H and O–H groups in total. The van der Waals surface area contributed by atoms with Gasteiger partial charge in [-0.1, -0.05) is 164 Å². The highest BCUT2D eigenvalue weighted by atomic mass is 16.3. The predicted molar refractivity (Wildman–Crippen MR) is 229 cm³/mol. The van der Waals surface area contributed by atoms with Crippen molar-refractivity contribution >= 4 is 49.8 Å². The first-order chi connectivity index (χ1) is 30.2. The van der Waals surface area contributed by atoms with Crippen LogP contribution >= 0.6 is 0 Å². The molecule has 11 rings (SSSR count). The summed E-state index contributed by atoms with van der Waals surface area (Å²) >= 11 is 0. The highest BCUT2D eigenvalue weighted by molar-refractivity contribution is 6.09. The van der Waals surface area contributed by atoms with E-state index in [1.54, 1.807) is 0 Å². The van der Waals surface area contributed by atoms with Gasteiger partial charge >= 0.3 is 0 Å². The van der Waals surface area contributed by atoms with E-state index in [1.165, 1.54) is 0 Å². The SMILES string of the molecule is [2H]c1c([2H])c([2H])c2c([2H])c(C3(c4cccc5oc6ccccc6c45)c4ccccc4-c4cc(N(c5ccccc5)c5ccccc5-c5ccccc5)ccc43)c([2H])c([2H])c2c1[2H]. The molecule has 55 heavy (non-hydrogen) atoms.